The van der Waals surface area contributed by atoms with Gasteiger partial charge in [0.05, 0.1) is 5.75 Å². The zero-order valence-electron chi connectivity index (χ0n) is 12.1. The Morgan fingerprint density at radius 1 is 1.48 bits per heavy atom. The molecule has 2 N–H and O–H groups in total. The number of amides is 1. The molecule has 1 fully saturated rings. The normalized spacial score (nSPS) is 17.8. The van der Waals surface area contributed by atoms with Gasteiger partial charge in [-0.1, -0.05) is 0 Å². The summed E-state index contributed by atoms with van der Waals surface area (Å²) < 4.78 is 25.0. The molecule has 1 aliphatic heterocycles. The molecule has 0 atom stereocenters. The Bertz CT molecular complexity index is 549. The summed E-state index contributed by atoms with van der Waals surface area (Å²) in [6.45, 7) is 2.99. The van der Waals surface area contributed by atoms with E-state index in [4.69, 9.17) is 0 Å². The van der Waals surface area contributed by atoms with Crippen molar-refractivity contribution in [3.05, 3.63) is 12.2 Å². The van der Waals surface area contributed by atoms with Crippen LogP contribution in [0.2, 0.25) is 0 Å². The highest BCUT2D eigenvalue weighted by Crippen LogP contribution is 2.19. The van der Waals surface area contributed by atoms with Crippen LogP contribution in [-0.4, -0.2) is 59.2 Å². The Kier molecular flexibility index (Phi) is 5.29. The fourth-order valence-electron chi connectivity index (χ4n) is 2.38. The molecule has 1 aromatic rings. The van der Waals surface area contributed by atoms with E-state index >= 15 is 0 Å². The van der Waals surface area contributed by atoms with Gasteiger partial charge >= 0.3 is 0 Å². The highest BCUT2D eigenvalue weighted by atomic mass is 32.2. The summed E-state index contributed by atoms with van der Waals surface area (Å²) >= 11 is 0. The van der Waals surface area contributed by atoms with E-state index in [0.717, 1.165) is 5.82 Å². The summed E-state index contributed by atoms with van der Waals surface area (Å²) in [6, 6.07) is 0. The van der Waals surface area contributed by atoms with E-state index in [9.17, 15) is 13.2 Å². The van der Waals surface area contributed by atoms with Crippen molar-refractivity contribution in [1.29, 1.82) is 0 Å². The number of rotatable bonds is 6. The second-order valence-corrected chi connectivity index (χ2v) is 7.30. The lowest BCUT2D eigenvalue weighted by Crippen LogP contribution is -2.43. The van der Waals surface area contributed by atoms with Crippen LogP contribution >= 0.6 is 0 Å². The van der Waals surface area contributed by atoms with Gasteiger partial charge in [-0.3, -0.25) is 9.89 Å². The first-order valence-corrected chi connectivity index (χ1v) is 8.73. The monoisotopic (exact) mass is 315 g/mol. The number of aromatic amines is 1. The third-order valence-corrected chi connectivity index (χ3v) is 5.59. The van der Waals surface area contributed by atoms with Crippen molar-refractivity contribution >= 4 is 15.9 Å². The maximum absolute atomic E-state index is 12.0. The van der Waals surface area contributed by atoms with Crippen LogP contribution in [-0.2, 0) is 21.2 Å². The second-order valence-electron chi connectivity index (χ2n) is 5.05. The number of carbonyl (C=O) groups is 1. The molecule has 0 aliphatic carbocycles. The molecule has 2 rings (SSSR count). The van der Waals surface area contributed by atoms with Gasteiger partial charge < -0.3 is 5.32 Å². The van der Waals surface area contributed by atoms with Gasteiger partial charge in [0.2, 0.25) is 15.9 Å². The number of nitrogens with zero attached hydrogens (tertiary/aromatic N) is 3. The molecule has 1 saturated heterocycles. The minimum Gasteiger partial charge on any atom is -0.355 e. The average molecular weight is 315 g/mol. The minimum absolute atomic E-state index is 0.0111. The molecule has 0 bridgehead atoms. The Labute approximate surface area is 124 Å². The van der Waals surface area contributed by atoms with Crippen molar-refractivity contribution in [3.63, 3.8) is 0 Å². The van der Waals surface area contributed by atoms with Crippen LogP contribution in [0.5, 0.6) is 0 Å². The lowest BCUT2D eigenvalue weighted by atomic mass is 9.97. The number of piperidine rings is 1. The van der Waals surface area contributed by atoms with Gasteiger partial charge in [-0.15, -0.1) is 0 Å². The third-order valence-electron chi connectivity index (χ3n) is 3.71. The molecule has 0 aromatic carbocycles. The first-order valence-electron chi connectivity index (χ1n) is 7.12. The van der Waals surface area contributed by atoms with Crippen LogP contribution in [0.4, 0.5) is 0 Å². The van der Waals surface area contributed by atoms with E-state index in [1.807, 2.05) is 0 Å². The quantitative estimate of drug-likeness (QED) is 0.737. The molecule has 0 radical (unpaired) electrons. The maximum Gasteiger partial charge on any atom is 0.223 e. The first kappa shape index (κ1) is 15.9. The second kappa shape index (κ2) is 6.99. The largest absolute Gasteiger partial charge is 0.355 e. The lowest BCUT2D eigenvalue weighted by Gasteiger charge is -2.30. The van der Waals surface area contributed by atoms with Crippen LogP contribution in [0, 0.1) is 5.92 Å². The van der Waals surface area contributed by atoms with Gasteiger partial charge in [0.25, 0.3) is 0 Å². The summed E-state index contributed by atoms with van der Waals surface area (Å²) in [5.41, 5.74) is 0. The zero-order valence-corrected chi connectivity index (χ0v) is 12.9. The summed E-state index contributed by atoms with van der Waals surface area (Å²) in [6.07, 6.45) is 3.19. The van der Waals surface area contributed by atoms with Gasteiger partial charge in [0.1, 0.15) is 12.2 Å². The molecule has 1 aromatic heterocycles. The summed E-state index contributed by atoms with van der Waals surface area (Å²) in [5, 5.41) is 9.33. The van der Waals surface area contributed by atoms with Crippen LogP contribution in [0.25, 0.3) is 0 Å². The summed E-state index contributed by atoms with van der Waals surface area (Å²) in [7, 11) is -3.13. The molecule has 0 saturated carbocycles. The number of sulfonamides is 1. The van der Waals surface area contributed by atoms with Crippen LogP contribution < -0.4 is 5.32 Å². The van der Waals surface area contributed by atoms with Gasteiger partial charge in [0.15, 0.2) is 0 Å². The molecule has 1 aliphatic rings. The van der Waals surface area contributed by atoms with E-state index < -0.39 is 10.0 Å². The smallest absolute Gasteiger partial charge is 0.223 e. The minimum atomic E-state index is -3.13. The van der Waals surface area contributed by atoms with E-state index in [1.165, 1.54) is 10.6 Å². The molecule has 0 unspecified atom stereocenters. The fraction of sp³-hybridized carbons (Fsp3) is 0.750. The van der Waals surface area contributed by atoms with Crippen LogP contribution in [0.1, 0.15) is 25.6 Å². The highest BCUT2D eigenvalue weighted by Gasteiger charge is 2.29. The van der Waals surface area contributed by atoms with Crippen molar-refractivity contribution < 1.29 is 13.2 Å². The number of H-pyrrole nitrogens is 1. The maximum atomic E-state index is 12.0. The number of nitrogens with one attached hydrogen (secondary N) is 2. The van der Waals surface area contributed by atoms with Gasteiger partial charge in [-0.05, 0) is 19.8 Å². The number of hydrogen-bond donors (Lipinski definition) is 2. The van der Waals surface area contributed by atoms with Crippen LogP contribution in [0.3, 0.4) is 0 Å². The number of hydrogen-bond acceptors (Lipinski definition) is 5. The molecule has 118 valence electrons. The Hall–Kier alpha value is -1.48. The average Bonchev–Trinajstić information content (AvgIpc) is 3.00. The lowest BCUT2D eigenvalue weighted by molar-refractivity contribution is -0.126. The van der Waals surface area contributed by atoms with Crippen molar-refractivity contribution in [2.75, 3.05) is 25.4 Å². The Morgan fingerprint density at radius 2 is 2.19 bits per heavy atom. The molecule has 0 spiro atoms. The summed E-state index contributed by atoms with van der Waals surface area (Å²) in [4.78, 5) is 16.0. The van der Waals surface area contributed by atoms with Crippen molar-refractivity contribution in [2.45, 2.75) is 26.2 Å². The molecule has 2 heterocycles. The molecular formula is C12H21N5O3S. The van der Waals surface area contributed by atoms with Crippen molar-refractivity contribution in [3.8, 4) is 0 Å². The zero-order chi connectivity index (χ0) is 15.3. The highest BCUT2D eigenvalue weighted by molar-refractivity contribution is 7.89. The van der Waals surface area contributed by atoms with E-state index in [-0.39, 0.29) is 17.6 Å². The molecular weight excluding hydrogens is 294 g/mol. The van der Waals surface area contributed by atoms with E-state index in [1.54, 1.807) is 6.92 Å². The van der Waals surface area contributed by atoms with Crippen LogP contribution in [0.15, 0.2) is 6.33 Å². The van der Waals surface area contributed by atoms with E-state index in [2.05, 4.69) is 20.5 Å². The fourth-order valence-corrected chi connectivity index (χ4v) is 3.51. The standard InChI is InChI=1S/C12H21N5O3S/c1-2-21(19,20)17-7-4-10(5-8-17)12(18)13-6-3-11-14-9-15-16-11/h9-10H,2-8H2,1H3,(H,13,18)(H,14,15,16). The van der Waals surface area contributed by atoms with Gasteiger partial charge in [0, 0.05) is 32.0 Å². The van der Waals surface area contributed by atoms with Gasteiger partial charge in [-0.25, -0.2) is 17.7 Å². The molecule has 1 amide bonds. The molecule has 9 heteroatoms. The van der Waals surface area contributed by atoms with Crippen molar-refractivity contribution in [1.82, 2.24) is 24.8 Å². The predicted molar refractivity (Wildman–Crippen MR) is 76.9 cm³/mol. The SMILES string of the molecule is CCS(=O)(=O)N1CCC(C(=O)NCCc2ncn[nH]2)CC1. The molecule has 21 heavy (non-hydrogen) atoms. The Balaban J connectivity index is 1.73. The topological polar surface area (TPSA) is 108 Å². The number of aromatic nitrogens is 3. The first-order chi connectivity index (χ1) is 10.0. The number of carbonyl (C=O) groups excluding carboxylic acids is 1. The summed E-state index contributed by atoms with van der Waals surface area (Å²) in [5.74, 6) is 0.728. The third kappa shape index (κ3) is 4.24. The molecule has 8 nitrogen and oxygen atoms in total. The van der Waals surface area contributed by atoms with Gasteiger partial charge in [-0.2, -0.15) is 5.10 Å². The Morgan fingerprint density at radius 3 is 2.76 bits per heavy atom. The van der Waals surface area contributed by atoms with Crippen molar-refractivity contribution in [2.24, 2.45) is 5.92 Å². The van der Waals surface area contributed by atoms with E-state index in [0.29, 0.717) is 38.9 Å². The predicted octanol–water partition coefficient (Wildman–Crippen LogP) is -0.475.